The third-order valence-electron chi connectivity index (χ3n) is 3.96. The zero-order valence-corrected chi connectivity index (χ0v) is 14.0. The topological polar surface area (TPSA) is 166 Å². The quantitative estimate of drug-likeness (QED) is 0.396. The highest BCUT2D eigenvalue weighted by molar-refractivity contribution is 5.81. The van der Waals surface area contributed by atoms with Gasteiger partial charge in [0.05, 0.1) is 25.1 Å². The number of aliphatic hydroxyl groups is 1. The van der Waals surface area contributed by atoms with Gasteiger partial charge in [0.1, 0.15) is 24.6 Å². The van der Waals surface area contributed by atoms with Crippen molar-refractivity contribution in [1.29, 1.82) is 0 Å². The highest BCUT2D eigenvalue weighted by Gasteiger charge is 2.50. The van der Waals surface area contributed by atoms with E-state index in [0.717, 1.165) is 7.11 Å². The number of azide groups is 1. The molecule has 3 rings (SSSR count). The van der Waals surface area contributed by atoms with Crippen molar-refractivity contribution in [2.24, 2.45) is 5.11 Å². The van der Waals surface area contributed by atoms with E-state index in [0.29, 0.717) is 0 Å². The van der Waals surface area contributed by atoms with E-state index >= 15 is 0 Å². The van der Waals surface area contributed by atoms with Crippen LogP contribution in [-0.2, 0) is 14.2 Å². The van der Waals surface area contributed by atoms with Crippen LogP contribution in [0.15, 0.2) is 17.8 Å². The zero-order valence-electron chi connectivity index (χ0n) is 14.0. The fourth-order valence-electron chi connectivity index (χ4n) is 2.88. The summed E-state index contributed by atoms with van der Waals surface area (Å²) in [7, 11) is 1.09. The van der Waals surface area contributed by atoms with Crippen LogP contribution in [-0.4, -0.2) is 69.3 Å². The Morgan fingerprint density at radius 1 is 1.48 bits per heavy atom. The van der Waals surface area contributed by atoms with Crippen LogP contribution in [0.5, 0.6) is 0 Å². The van der Waals surface area contributed by atoms with Crippen molar-refractivity contribution in [2.75, 3.05) is 26.1 Å². The van der Waals surface area contributed by atoms with Crippen LogP contribution >= 0.6 is 0 Å². The van der Waals surface area contributed by atoms with Gasteiger partial charge < -0.3 is 25.1 Å². The molecule has 146 valence electrons. The molecule has 3 N–H and O–H groups in total. The summed E-state index contributed by atoms with van der Waals surface area (Å²) >= 11 is 0. The van der Waals surface area contributed by atoms with Crippen molar-refractivity contribution in [3.05, 3.63) is 23.1 Å². The van der Waals surface area contributed by atoms with E-state index in [-0.39, 0.29) is 17.0 Å². The van der Waals surface area contributed by atoms with Crippen LogP contribution in [0.1, 0.15) is 6.23 Å². The molecule has 0 unspecified atom stereocenters. The number of aliphatic hydroxyl groups excluding tert-OH is 1. The van der Waals surface area contributed by atoms with Gasteiger partial charge in [-0.05, 0) is 5.53 Å². The first-order chi connectivity index (χ1) is 12.9. The highest BCUT2D eigenvalue weighted by Crippen LogP contribution is 2.38. The van der Waals surface area contributed by atoms with Crippen molar-refractivity contribution in [3.63, 3.8) is 0 Å². The Balaban J connectivity index is 2.04. The number of halogens is 2. The Morgan fingerprint density at radius 2 is 2.26 bits per heavy atom. The van der Waals surface area contributed by atoms with Crippen molar-refractivity contribution < 1.29 is 28.1 Å². The number of aromatic nitrogens is 4. The van der Waals surface area contributed by atoms with E-state index in [9.17, 15) is 13.9 Å². The molecule has 0 saturated carbocycles. The number of nitrogens with two attached hydrogens (primary N) is 1. The third kappa shape index (κ3) is 3.61. The first kappa shape index (κ1) is 19.1. The minimum absolute atomic E-state index is 0.0873. The lowest BCUT2D eigenvalue weighted by atomic mass is 10.1. The van der Waals surface area contributed by atoms with Crippen molar-refractivity contribution in [3.8, 4) is 0 Å². The summed E-state index contributed by atoms with van der Waals surface area (Å²) in [6, 6.07) is -1.23. The average Bonchev–Trinajstić information content (AvgIpc) is 3.18. The molecule has 12 nitrogen and oxygen atoms in total. The van der Waals surface area contributed by atoms with Gasteiger partial charge in [0.25, 0.3) is 0 Å². The largest absolute Gasteiger partial charge is 0.394 e. The molecule has 4 atom stereocenters. The summed E-state index contributed by atoms with van der Waals surface area (Å²) in [5.74, 6) is 0.0873. The van der Waals surface area contributed by atoms with Crippen molar-refractivity contribution in [1.82, 2.24) is 19.5 Å². The first-order valence-electron chi connectivity index (χ1n) is 7.70. The van der Waals surface area contributed by atoms with Crippen LogP contribution in [0.4, 0.5) is 14.6 Å². The van der Waals surface area contributed by atoms with E-state index in [2.05, 4.69) is 29.7 Å². The van der Waals surface area contributed by atoms with Crippen LogP contribution in [0.2, 0.25) is 0 Å². The third-order valence-corrected chi connectivity index (χ3v) is 3.96. The minimum atomic E-state index is -3.70. The van der Waals surface area contributed by atoms with Gasteiger partial charge in [-0.15, -0.1) is 0 Å². The number of rotatable bonds is 7. The lowest BCUT2D eigenvalue weighted by Gasteiger charge is -2.26. The number of alkyl halides is 2. The predicted molar refractivity (Wildman–Crippen MR) is 85.4 cm³/mol. The Labute approximate surface area is 150 Å². The summed E-state index contributed by atoms with van der Waals surface area (Å²) in [6.45, 7) is -1.61. The highest BCUT2D eigenvalue weighted by atomic mass is 19.3. The molecule has 2 aromatic heterocycles. The summed E-state index contributed by atoms with van der Waals surface area (Å²) in [6.07, 6.45) is -5.02. The second-order valence-electron chi connectivity index (χ2n) is 5.68. The van der Waals surface area contributed by atoms with Gasteiger partial charge in [0, 0.05) is 12.0 Å². The normalized spacial score (nSPS) is 25.6. The average molecular weight is 386 g/mol. The fourth-order valence-corrected chi connectivity index (χ4v) is 2.88. The molecule has 0 radical (unpaired) electrons. The number of imidazole rings is 1. The molecule has 0 aliphatic carbocycles. The van der Waals surface area contributed by atoms with E-state index in [1.165, 1.54) is 17.2 Å². The van der Waals surface area contributed by atoms with Gasteiger partial charge in [0.2, 0.25) is 0 Å². The summed E-state index contributed by atoms with van der Waals surface area (Å²) < 4.78 is 44.3. The number of methoxy groups -OCH3 is 1. The molecule has 1 fully saturated rings. The molecule has 0 bridgehead atoms. The zero-order chi connectivity index (χ0) is 19.6. The molecule has 1 aliphatic heterocycles. The Morgan fingerprint density at radius 3 is 2.93 bits per heavy atom. The van der Waals surface area contributed by atoms with Crippen LogP contribution in [0, 0.1) is 0 Å². The van der Waals surface area contributed by atoms with E-state index < -0.39 is 43.8 Å². The number of fused-ring (bicyclic) bond motifs is 1. The molecule has 0 amide bonds. The molecule has 14 heteroatoms. The first-order valence-corrected chi connectivity index (χ1v) is 7.70. The SMILES string of the molecule is COCC(F)(F)O[C@@H]1[C@H](N=[N+]=[N-])[C@@H](CO)O[C@H]1n1cnc2c(N)ncnc21. The smallest absolute Gasteiger partial charge is 0.379 e. The van der Waals surface area contributed by atoms with Gasteiger partial charge in [-0.2, -0.15) is 8.78 Å². The molecular weight excluding hydrogens is 370 g/mol. The van der Waals surface area contributed by atoms with Crippen molar-refractivity contribution >= 4 is 17.0 Å². The Hall–Kier alpha value is -2.64. The van der Waals surface area contributed by atoms with Gasteiger partial charge in [-0.3, -0.25) is 4.57 Å². The monoisotopic (exact) mass is 386 g/mol. The fraction of sp³-hybridized carbons (Fsp3) is 0.615. The van der Waals surface area contributed by atoms with Gasteiger partial charge >= 0.3 is 6.11 Å². The van der Waals surface area contributed by atoms with E-state index in [4.69, 9.17) is 20.7 Å². The number of nitrogens with zero attached hydrogens (tertiary/aromatic N) is 7. The molecule has 3 heterocycles. The summed E-state index contributed by atoms with van der Waals surface area (Å²) in [5, 5.41) is 13.0. The van der Waals surface area contributed by atoms with Crippen LogP contribution < -0.4 is 5.73 Å². The lowest BCUT2D eigenvalue weighted by molar-refractivity contribution is -0.293. The second-order valence-corrected chi connectivity index (χ2v) is 5.68. The second kappa shape index (κ2) is 7.54. The maximum atomic E-state index is 14.0. The number of nitrogen functional groups attached to an aromatic ring is 1. The van der Waals surface area contributed by atoms with Crippen LogP contribution in [0.25, 0.3) is 21.6 Å². The van der Waals surface area contributed by atoms with E-state index in [1.807, 2.05) is 0 Å². The number of hydrogen-bond donors (Lipinski definition) is 2. The molecule has 0 spiro atoms. The number of hydrogen-bond acceptors (Lipinski definition) is 9. The molecule has 0 aromatic carbocycles. The predicted octanol–water partition coefficient (Wildman–Crippen LogP) is 0.602. The van der Waals surface area contributed by atoms with Gasteiger partial charge in [-0.25, -0.2) is 15.0 Å². The van der Waals surface area contributed by atoms with E-state index in [1.54, 1.807) is 0 Å². The number of anilines is 1. The maximum Gasteiger partial charge on any atom is 0.379 e. The van der Waals surface area contributed by atoms with Crippen LogP contribution in [0.3, 0.4) is 0 Å². The minimum Gasteiger partial charge on any atom is -0.394 e. The molecule has 1 saturated heterocycles. The Kier molecular flexibility index (Phi) is 5.34. The summed E-state index contributed by atoms with van der Waals surface area (Å²) in [5.41, 5.74) is 14.9. The molecule has 2 aromatic rings. The number of ether oxygens (including phenoxy) is 3. The summed E-state index contributed by atoms with van der Waals surface area (Å²) in [4.78, 5) is 14.5. The lowest BCUT2D eigenvalue weighted by Crippen LogP contribution is -2.41. The Bertz CT molecular complexity index is 858. The van der Waals surface area contributed by atoms with Crippen molar-refractivity contribution in [2.45, 2.75) is 30.6 Å². The van der Waals surface area contributed by atoms with Gasteiger partial charge in [-0.1, -0.05) is 5.11 Å². The standard InChI is InChI=1S/C13H16F2N8O4/c1-25-3-13(14,15)27-9-7(21-22-17)6(2-24)26-12(9)23-5-20-8-10(16)18-4-19-11(8)23/h4-7,9,12,24H,2-3H2,1H3,(H2,16,18,19)/t6-,7-,9-,12-/m1/s1. The molecule has 27 heavy (non-hydrogen) atoms. The molecule has 1 aliphatic rings. The maximum absolute atomic E-state index is 14.0. The molecular formula is C13H16F2N8O4. The van der Waals surface area contributed by atoms with Gasteiger partial charge in [0.15, 0.2) is 17.7 Å².